The number of aliphatic hydroxyl groups is 1. The summed E-state index contributed by atoms with van der Waals surface area (Å²) in [5, 5.41) is 12.7. The van der Waals surface area contributed by atoms with Gasteiger partial charge in [0.1, 0.15) is 0 Å². The molecule has 0 bridgehead atoms. The lowest BCUT2D eigenvalue weighted by atomic mass is 9.85. The Morgan fingerprint density at radius 1 is 1.19 bits per heavy atom. The molecule has 2 rings (SSSR count). The average Bonchev–Trinajstić information content (AvgIpc) is 2.48. The van der Waals surface area contributed by atoms with Gasteiger partial charge in [-0.05, 0) is 43.1 Å². The van der Waals surface area contributed by atoms with Crippen molar-refractivity contribution in [1.29, 1.82) is 0 Å². The molecule has 1 amide bonds. The molecule has 21 heavy (non-hydrogen) atoms. The van der Waals surface area contributed by atoms with Gasteiger partial charge in [-0.25, -0.2) is 0 Å². The van der Waals surface area contributed by atoms with Crippen molar-refractivity contribution in [3.63, 3.8) is 0 Å². The van der Waals surface area contributed by atoms with Crippen molar-refractivity contribution in [2.75, 3.05) is 0 Å². The number of nitrogens with one attached hydrogen (secondary N) is 1. The molecule has 2 N–H and O–H groups in total. The van der Waals surface area contributed by atoms with E-state index < -0.39 is 0 Å². The second-order valence-electron chi connectivity index (χ2n) is 6.54. The highest BCUT2D eigenvalue weighted by Crippen LogP contribution is 2.28. The molecule has 1 unspecified atom stereocenters. The summed E-state index contributed by atoms with van der Waals surface area (Å²) >= 11 is 0. The molecule has 0 aliphatic heterocycles. The van der Waals surface area contributed by atoms with Crippen LogP contribution in [0.4, 0.5) is 0 Å². The fraction of sp³-hybridized carbons (Fsp3) is 0.611. The van der Waals surface area contributed by atoms with Gasteiger partial charge >= 0.3 is 0 Å². The van der Waals surface area contributed by atoms with Gasteiger partial charge in [-0.3, -0.25) is 4.79 Å². The Bertz CT molecular complexity index is 436. The highest BCUT2D eigenvalue weighted by molar-refractivity contribution is 5.77. The summed E-state index contributed by atoms with van der Waals surface area (Å²) in [7, 11) is 0. The number of hydrogen-bond donors (Lipinski definition) is 2. The highest BCUT2D eigenvalue weighted by atomic mass is 16.3. The third-order valence-corrected chi connectivity index (χ3v) is 4.50. The standard InChI is InChI=1S/C18H27NO2/c1-13(2)17(14-6-4-3-5-7-14)12-18(21)19-15-8-10-16(20)11-9-15/h3-7,13,15-17,20H,8-12H2,1-2H3,(H,19,21). The van der Waals surface area contributed by atoms with Crippen LogP contribution in [0.25, 0.3) is 0 Å². The molecule has 1 saturated carbocycles. The van der Waals surface area contributed by atoms with Gasteiger partial charge in [-0.2, -0.15) is 0 Å². The van der Waals surface area contributed by atoms with E-state index in [0.29, 0.717) is 12.3 Å². The summed E-state index contributed by atoms with van der Waals surface area (Å²) in [6.07, 6.45) is 3.76. The largest absolute Gasteiger partial charge is 0.393 e. The minimum absolute atomic E-state index is 0.138. The number of hydrogen-bond acceptors (Lipinski definition) is 2. The first kappa shape index (κ1) is 16.0. The molecule has 1 aliphatic carbocycles. The minimum atomic E-state index is -0.175. The van der Waals surface area contributed by atoms with Crippen molar-refractivity contribution in [3.05, 3.63) is 35.9 Å². The molecule has 0 heterocycles. The fourth-order valence-electron chi connectivity index (χ4n) is 3.15. The topological polar surface area (TPSA) is 49.3 Å². The summed E-state index contributed by atoms with van der Waals surface area (Å²) in [4.78, 5) is 12.3. The van der Waals surface area contributed by atoms with Crippen LogP contribution in [-0.4, -0.2) is 23.2 Å². The van der Waals surface area contributed by atoms with Crippen LogP contribution in [0.3, 0.4) is 0 Å². The van der Waals surface area contributed by atoms with Crippen LogP contribution in [0, 0.1) is 5.92 Å². The van der Waals surface area contributed by atoms with E-state index in [9.17, 15) is 9.90 Å². The lowest BCUT2D eigenvalue weighted by molar-refractivity contribution is -0.122. The van der Waals surface area contributed by atoms with Crippen LogP contribution >= 0.6 is 0 Å². The van der Waals surface area contributed by atoms with Crippen LogP contribution < -0.4 is 5.32 Å². The molecule has 0 saturated heterocycles. The van der Waals surface area contributed by atoms with Crippen molar-refractivity contribution in [3.8, 4) is 0 Å². The number of rotatable bonds is 5. The zero-order valence-electron chi connectivity index (χ0n) is 13.1. The first-order chi connectivity index (χ1) is 10.1. The van der Waals surface area contributed by atoms with Crippen molar-refractivity contribution in [1.82, 2.24) is 5.32 Å². The third kappa shape index (κ3) is 4.85. The van der Waals surface area contributed by atoms with E-state index in [1.165, 1.54) is 5.56 Å². The Morgan fingerprint density at radius 3 is 2.38 bits per heavy atom. The number of carbonyl (C=O) groups excluding carboxylic acids is 1. The lowest BCUT2D eigenvalue weighted by Crippen LogP contribution is -2.39. The maximum Gasteiger partial charge on any atom is 0.220 e. The van der Waals surface area contributed by atoms with Gasteiger partial charge in [0.15, 0.2) is 0 Å². The number of benzene rings is 1. The van der Waals surface area contributed by atoms with Crippen molar-refractivity contribution < 1.29 is 9.90 Å². The van der Waals surface area contributed by atoms with Gasteiger partial charge in [-0.15, -0.1) is 0 Å². The molecule has 1 aromatic rings. The van der Waals surface area contributed by atoms with Gasteiger partial charge < -0.3 is 10.4 Å². The zero-order valence-corrected chi connectivity index (χ0v) is 13.1. The predicted molar refractivity (Wildman–Crippen MR) is 85.0 cm³/mol. The van der Waals surface area contributed by atoms with Crippen LogP contribution in [0.15, 0.2) is 30.3 Å². The molecule has 1 aliphatic rings. The van der Waals surface area contributed by atoms with Crippen molar-refractivity contribution >= 4 is 5.91 Å². The Labute approximate surface area is 127 Å². The SMILES string of the molecule is CC(C)C(CC(=O)NC1CCC(O)CC1)c1ccccc1. The molecular formula is C18H27NO2. The summed E-state index contributed by atoms with van der Waals surface area (Å²) in [6, 6.07) is 10.5. The smallest absolute Gasteiger partial charge is 0.220 e. The Morgan fingerprint density at radius 2 is 1.81 bits per heavy atom. The van der Waals surface area contributed by atoms with Crippen LogP contribution in [0.5, 0.6) is 0 Å². The molecule has 3 nitrogen and oxygen atoms in total. The Balaban J connectivity index is 1.90. The van der Waals surface area contributed by atoms with E-state index in [1.54, 1.807) is 0 Å². The molecule has 0 spiro atoms. The summed E-state index contributed by atoms with van der Waals surface area (Å²) < 4.78 is 0. The second-order valence-corrected chi connectivity index (χ2v) is 6.54. The molecular weight excluding hydrogens is 262 g/mol. The second kappa shape index (κ2) is 7.60. The maximum absolute atomic E-state index is 12.3. The Kier molecular flexibility index (Phi) is 5.80. The van der Waals surface area contributed by atoms with Gasteiger partial charge in [0.05, 0.1) is 6.10 Å². The normalized spacial score (nSPS) is 23.8. The van der Waals surface area contributed by atoms with Crippen molar-refractivity contribution in [2.45, 2.75) is 64.0 Å². The van der Waals surface area contributed by atoms with E-state index >= 15 is 0 Å². The van der Waals surface area contributed by atoms with Gasteiger partial charge in [0.25, 0.3) is 0 Å². The first-order valence-corrected chi connectivity index (χ1v) is 8.08. The summed E-state index contributed by atoms with van der Waals surface area (Å²) in [5.41, 5.74) is 1.24. The predicted octanol–water partition coefficient (Wildman–Crippen LogP) is 3.24. The first-order valence-electron chi connectivity index (χ1n) is 8.08. The monoisotopic (exact) mass is 289 g/mol. The van der Waals surface area contributed by atoms with E-state index in [2.05, 4.69) is 31.3 Å². The van der Waals surface area contributed by atoms with E-state index in [4.69, 9.17) is 0 Å². The number of aliphatic hydroxyl groups excluding tert-OH is 1. The number of amides is 1. The van der Waals surface area contributed by atoms with E-state index in [-0.39, 0.29) is 24.0 Å². The van der Waals surface area contributed by atoms with Gasteiger partial charge in [0.2, 0.25) is 5.91 Å². The highest BCUT2D eigenvalue weighted by Gasteiger charge is 2.24. The quantitative estimate of drug-likeness (QED) is 0.874. The minimum Gasteiger partial charge on any atom is -0.393 e. The molecule has 3 heteroatoms. The van der Waals surface area contributed by atoms with E-state index in [0.717, 1.165) is 25.7 Å². The fourth-order valence-corrected chi connectivity index (χ4v) is 3.15. The maximum atomic E-state index is 12.3. The van der Waals surface area contributed by atoms with Crippen molar-refractivity contribution in [2.24, 2.45) is 5.92 Å². The van der Waals surface area contributed by atoms with Gasteiger partial charge in [-0.1, -0.05) is 44.2 Å². The van der Waals surface area contributed by atoms with Crippen LogP contribution in [0.2, 0.25) is 0 Å². The molecule has 0 radical (unpaired) electrons. The zero-order chi connectivity index (χ0) is 15.2. The number of carbonyl (C=O) groups is 1. The summed E-state index contributed by atoms with van der Waals surface area (Å²) in [6.45, 7) is 4.34. The molecule has 116 valence electrons. The molecule has 1 aromatic carbocycles. The van der Waals surface area contributed by atoms with Crippen LogP contribution in [0.1, 0.15) is 57.4 Å². The molecule has 1 atom stereocenters. The van der Waals surface area contributed by atoms with Gasteiger partial charge in [0, 0.05) is 12.5 Å². The molecule has 1 fully saturated rings. The van der Waals surface area contributed by atoms with Crippen LogP contribution in [-0.2, 0) is 4.79 Å². The van der Waals surface area contributed by atoms with E-state index in [1.807, 2.05) is 18.2 Å². The average molecular weight is 289 g/mol. The Hall–Kier alpha value is -1.35. The summed E-state index contributed by atoms with van der Waals surface area (Å²) in [5.74, 6) is 0.839. The lowest BCUT2D eigenvalue weighted by Gasteiger charge is -2.27. The third-order valence-electron chi connectivity index (χ3n) is 4.50. The molecule has 0 aromatic heterocycles.